The standard InChI is InChI=1S/C19H29N5O2/c1-4-7-24-14-20-17-10-16(5-6-18(17)24)21-19(25)23-8-9-26-13-15(12-23)11-22(2)3/h5-6,10,14-15H,4,7-9,11-13H2,1-3H3,(H,21,25). The Kier molecular flexibility index (Phi) is 6.11. The Morgan fingerprint density at radius 1 is 1.42 bits per heavy atom. The molecule has 1 saturated heterocycles. The van der Waals surface area contributed by atoms with Crippen molar-refractivity contribution in [2.75, 3.05) is 52.3 Å². The number of ether oxygens (including phenoxy) is 1. The van der Waals surface area contributed by atoms with E-state index < -0.39 is 0 Å². The minimum atomic E-state index is -0.0772. The summed E-state index contributed by atoms with van der Waals surface area (Å²) in [6, 6.07) is 5.82. The van der Waals surface area contributed by atoms with Crippen LogP contribution >= 0.6 is 0 Å². The molecule has 26 heavy (non-hydrogen) atoms. The van der Waals surface area contributed by atoms with E-state index in [1.807, 2.05) is 43.5 Å². The van der Waals surface area contributed by atoms with E-state index in [4.69, 9.17) is 4.74 Å². The molecular weight excluding hydrogens is 330 g/mol. The quantitative estimate of drug-likeness (QED) is 0.891. The smallest absolute Gasteiger partial charge is 0.321 e. The van der Waals surface area contributed by atoms with Gasteiger partial charge in [0, 0.05) is 37.8 Å². The van der Waals surface area contributed by atoms with Crippen LogP contribution in [0.15, 0.2) is 24.5 Å². The summed E-state index contributed by atoms with van der Waals surface area (Å²) >= 11 is 0. The van der Waals surface area contributed by atoms with Crippen molar-refractivity contribution in [3.8, 4) is 0 Å². The fourth-order valence-electron chi connectivity index (χ4n) is 3.45. The number of imidazole rings is 1. The number of urea groups is 1. The van der Waals surface area contributed by atoms with E-state index in [-0.39, 0.29) is 6.03 Å². The summed E-state index contributed by atoms with van der Waals surface area (Å²) in [5.41, 5.74) is 2.78. The van der Waals surface area contributed by atoms with Crippen molar-refractivity contribution in [3.05, 3.63) is 24.5 Å². The summed E-state index contributed by atoms with van der Waals surface area (Å²) in [6.07, 6.45) is 2.92. The van der Waals surface area contributed by atoms with Gasteiger partial charge in [0.1, 0.15) is 0 Å². The minimum absolute atomic E-state index is 0.0772. The lowest BCUT2D eigenvalue weighted by Gasteiger charge is -2.25. The third kappa shape index (κ3) is 4.53. The predicted octanol–water partition coefficient (Wildman–Crippen LogP) is 2.49. The van der Waals surface area contributed by atoms with Gasteiger partial charge in [0.2, 0.25) is 0 Å². The molecule has 0 aliphatic carbocycles. The first-order valence-corrected chi connectivity index (χ1v) is 9.30. The molecule has 0 radical (unpaired) electrons. The average Bonchev–Trinajstić information content (AvgIpc) is 2.84. The first kappa shape index (κ1) is 18.7. The summed E-state index contributed by atoms with van der Waals surface area (Å²) < 4.78 is 7.80. The Labute approximate surface area is 154 Å². The van der Waals surface area contributed by atoms with Crippen molar-refractivity contribution in [2.45, 2.75) is 19.9 Å². The van der Waals surface area contributed by atoms with Gasteiger partial charge in [-0.1, -0.05) is 6.92 Å². The number of amides is 2. The second-order valence-corrected chi connectivity index (χ2v) is 7.22. The van der Waals surface area contributed by atoms with Crippen molar-refractivity contribution < 1.29 is 9.53 Å². The third-order valence-corrected chi connectivity index (χ3v) is 4.59. The lowest BCUT2D eigenvalue weighted by Crippen LogP contribution is -2.41. The second-order valence-electron chi connectivity index (χ2n) is 7.22. The van der Waals surface area contributed by atoms with Crippen LogP contribution in [0.3, 0.4) is 0 Å². The number of fused-ring (bicyclic) bond motifs is 1. The van der Waals surface area contributed by atoms with Crippen molar-refractivity contribution >= 4 is 22.8 Å². The molecule has 0 bridgehead atoms. The lowest BCUT2D eigenvalue weighted by molar-refractivity contribution is 0.112. The maximum Gasteiger partial charge on any atom is 0.321 e. The molecule has 1 atom stereocenters. The fraction of sp³-hybridized carbons (Fsp3) is 0.579. The van der Waals surface area contributed by atoms with Crippen molar-refractivity contribution in [2.24, 2.45) is 5.92 Å². The molecule has 7 heteroatoms. The molecule has 1 N–H and O–H groups in total. The molecule has 0 saturated carbocycles. The highest BCUT2D eigenvalue weighted by molar-refractivity contribution is 5.92. The van der Waals surface area contributed by atoms with Crippen LogP contribution in [-0.2, 0) is 11.3 Å². The number of carbonyl (C=O) groups excluding carboxylic acids is 1. The van der Waals surface area contributed by atoms with E-state index in [1.54, 1.807) is 0 Å². The highest BCUT2D eigenvalue weighted by atomic mass is 16.5. The van der Waals surface area contributed by atoms with Gasteiger partial charge >= 0.3 is 6.03 Å². The normalized spacial score (nSPS) is 18.3. The topological polar surface area (TPSA) is 62.6 Å². The zero-order valence-corrected chi connectivity index (χ0v) is 15.9. The molecule has 7 nitrogen and oxygen atoms in total. The Morgan fingerprint density at radius 3 is 3.04 bits per heavy atom. The lowest BCUT2D eigenvalue weighted by atomic mass is 10.1. The number of hydrogen-bond acceptors (Lipinski definition) is 4. The van der Waals surface area contributed by atoms with Gasteiger partial charge in [-0.3, -0.25) is 0 Å². The van der Waals surface area contributed by atoms with Crippen LogP contribution in [-0.4, -0.2) is 72.3 Å². The van der Waals surface area contributed by atoms with E-state index in [0.717, 1.165) is 36.2 Å². The van der Waals surface area contributed by atoms with Gasteiger partial charge in [0.15, 0.2) is 0 Å². The van der Waals surface area contributed by atoms with Crippen LogP contribution in [0.25, 0.3) is 11.0 Å². The van der Waals surface area contributed by atoms with Gasteiger partial charge in [-0.2, -0.15) is 0 Å². The van der Waals surface area contributed by atoms with E-state index in [9.17, 15) is 4.79 Å². The summed E-state index contributed by atoms with van der Waals surface area (Å²) in [6.45, 7) is 6.60. The van der Waals surface area contributed by atoms with Crippen molar-refractivity contribution in [1.29, 1.82) is 0 Å². The summed E-state index contributed by atoms with van der Waals surface area (Å²) in [5.74, 6) is 0.325. The van der Waals surface area contributed by atoms with E-state index in [2.05, 4.69) is 26.7 Å². The summed E-state index contributed by atoms with van der Waals surface area (Å²) in [4.78, 5) is 21.1. The highest BCUT2D eigenvalue weighted by Crippen LogP contribution is 2.19. The molecule has 1 aromatic heterocycles. The van der Waals surface area contributed by atoms with E-state index in [1.165, 1.54) is 0 Å². The van der Waals surface area contributed by atoms with Crippen LogP contribution in [0.4, 0.5) is 10.5 Å². The molecule has 0 spiro atoms. The molecule has 1 unspecified atom stereocenters. The third-order valence-electron chi connectivity index (χ3n) is 4.59. The van der Waals surface area contributed by atoms with Crippen LogP contribution in [0.2, 0.25) is 0 Å². The number of anilines is 1. The molecule has 1 aliphatic heterocycles. The second kappa shape index (κ2) is 8.51. The molecule has 1 aromatic carbocycles. The number of aromatic nitrogens is 2. The number of hydrogen-bond donors (Lipinski definition) is 1. The minimum Gasteiger partial charge on any atom is -0.379 e. The van der Waals surface area contributed by atoms with Crippen LogP contribution in [0, 0.1) is 5.92 Å². The zero-order chi connectivity index (χ0) is 18.5. The number of nitrogens with zero attached hydrogens (tertiary/aromatic N) is 4. The maximum absolute atomic E-state index is 12.7. The number of rotatable bonds is 5. The average molecular weight is 359 g/mol. The monoisotopic (exact) mass is 359 g/mol. The van der Waals surface area contributed by atoms with E-state index in [0.29, 0.717) is 32.2 Å². The maximum atomic E-state index is 12.7. The SMILES string of the molecule is CCCn1cnc2cc(NC(=O)N3CCOCC(CN(C)C)C3)ccc21. The molecule has 2 heterocycles. The molecular formula is C19H29N5O2. The number of carbonyl (C=O) groups is 1. The zero-order valence-electron chi connectivity index (χ0n) is 15.9. The van der Waals surface area contributed by atoms with Gasteiger partial charge in [0.25, 0.3) is 0 Å². The van der Waals surface area contributed by atoms with Gasteiger partial charge in [-0.05, 0) is 38.7 Å². The first-order chi connectivity index (χ1) is 12.6. The largest absolute Gasteiger partial charge is 0.379 e. The Hall–Kier alpha value is -2.12. The Balaban J connectivity index is 1.67. The van der Waals surface area contributed by atoms with Gasteiger partial charge < -0.3 is 24.4 Å². The predicted molar refractivity (Wildman–Crippen MR) is 103 cm³/mol. The van der Waals surface area contributed by atoms with Crippen molar-refractivity contribution in [1.82, 2.24) is 19.4 Å². The Bertz CT molecular complexity index is 743. The number of aryl methyl sites for hydroxylation is 1. The summed E-state index contributed by atoms with van der Waals surface area (Å²) in [7, 11) is 4.09. The molecule has 2 amide bonds. The molecule has 2 aromatic rings. The van der Waals surface area contributed by atoms with Crippen molar-refractivity contribution in [3.63, 3.8) is 0 Å². The van der Waals surface area contributed by atoms with Gasteiger partial charge in [0.05, 0.1) is 30.6 Å². The van der Waals surface area contributed by atoms with Gasteiger partial charge in [-0.15, -0.1) is 0 Å². The van der Waals surface area contributed by atoms with E-state index >= 15 is 0 Å². The van der Waals surface area contributed by atoms with Gasteiger partial charge in [-0.25, -0.2) is 9.78 Å². The molecule has 1 aliphatic rings. The molecule has 1 fully saturated rings. The Morgan fingerprint density at radius 2 is 2.27 bits per heavy atom. The number of nitrogens with one attached hydrogen (secondary N) is 1. The molecule has 3 rings (SSSR count). The molecule has 142 valence electrons. The fourth-order valence-corrected chi connectivity index (χ4v) is 3.45. The first-order valence-electron chi connectivity index (χ1n) is 9.30. The van der Waals surface area contributed by atoms with Crippen LogP contribution in [0.1, 0.15) is 13.3 Å². The van der Waals surface area contributed by atoms with Crippen LogP contribution < -0.4 is 5.32 Å². The van der Waals surface area contributed by atoms with Crippen LogP contribution in [0.5, 0.6) is 0 Å². The number of benzene rings is 1. The highest BCUT2D eigenvalue weighted by Gasteiger charge is 2.23. The summed E-state index contributed by atoms with van der Waals surface area (Å²) in [5, 5.41) is 3.02.